The van der Waals surface area contributed by atoms with Crippen molar-refractivity contribution in [2.75, 3.05) is 5.32 Å². The van der Waals surface area contributed by atoms with E-state index in [0.717, 1.165) is 10.1 Å². The van der Waals surface area contributed by atoms with E-state index in [4.69, 9.17) is 0 Å². The van der Waals surface area contributed by atoms with Gasteiger partial charge in [-0.15, -0.1) is 10.2 Å². The molecule has 0 aliphatic heterocycles. The molecular formula is C13H10BrN5O2. The summed E-state index contributed by atoms with van der Waals surface area (Å²) < 4.78 is 2.60. The highest BCUT2D eigenvalue weighted by atomic mass is 79.9. The average molecular weight is 348 g/mol. The van der Waals surface area contributed by atoms with Crippen LogP contribution in [-0.2, 0) is 6.54 Å². The summed E-state index contributed by atoms with van der Waals surface area (Å²) in [6.45, 7) is 0.336. The van der Waals surface area contributed by atoms with Gasteiger partial charge >= 0.3 is 0 Å². The first kappa shape index (κ1) is 13.5. The second-order valence-electron chi connectivity index (χ2n) is 4.32. The van der Waals surface area contributed by atoms with Crippen molar-refractivity contribution in [3.8, 4) is 0 Å². The van der Waals surface area contributed by atoms with Crippen LogP contribution in [0.2, 0.25) is 0 Å². The number of nitrogens with one attached hydrogen (secondary N) is 1. The highest BCUT2D eigenvalue weighted by Crippen LogP contribution is 2.28. The van der Waals surface area contributed by atoms with E-state index in [1.807, 2.05) is 28.8 Å². The van der Waals surface area contributed by atoms with Gasteiger partial charge < -0.3 is 5.32 Å². The summed E-state index contributed by atoms with van der Waals surface area (Å²) in [5.74, 6) is 0.680. The summed E-state index contributed by atoms with van der Waals surface area (Å²) in [6, 6.07) is 10.4. The normalized spacial score (nSPS) is 10.7. The summed E-state index contributed by atoms with van der Waals surface area (Å²) in [5.41, 5.74) is 1.19. The lowest BCUT2D eigenvalue weighted by molar-refractivity contribution is -0.384. The largest absolute Gasteiger partial charge is 0.372 e. The van der Waals surface area contributed by atoms with Crippen LogP contribution < -0.4 is 5.32 Å². The second kappa shape index (κ2) is 5.49. The molecule has 2 aromatic heterocycles. The number of fused-ring (bicyclic) bond motifs is 1. The average Bonchev–Trinajstić information content (AvgIpc) is 2.88. The fraction of sp³-hybridized carbons (Fsp3) is 0.0769. The standard InChI is InChI=1S/C13H10BrN5O2/c14-9-4-5-11(19(20)21)10(7-9)15-8-13-17-16-12-3-1-2-6-18(12)13/h1-7,15H,8H2. The molecule has 0 spiro atoms. The van der Waals surface area contributed by atoms with Crippen molar-refractivity contribution in [1.29, 1.82) is 0 Å². The van der Waals surface area contributed by atoms with E-state index in [1.165, 1.54) is 6.07 Å². The van der Waals surface area contributed by atoms with Crippen LogP contribution in [0.3, 0.4) is 0 Å². The molecule has 2 heterocycles. The quantitative estimate of drug-likeness (QED) is 0.579. The van der Waals surface area contributed by atoms with Crippen molar-refractivity contribution in [3.63, 3.8) is 0 Å². The first-order valence-corrected chi connectivity index (χ1v) is 6.91. The van der Waals surface area contributed by atoms with Crippen LogP contribution in [0.5, 0.6) is 0 Å². The van der Waals surface area contributed by atoms with Crippen molar-refractivity contribution in [1.82, 2.24) is 14.6 Å². The summed E-state index contributed by atoms with van der Waals surface area (Å²) >= 11 is 3.31. The Morgan fingerprint density at radius 3 is 2.95 bits per heavy atom. The van der Waals surface area contributed by atoms with E-state index in [1.54, 1.807) is 12.1 Å². The second-order valence-corrected chi connectivity index (χ2v) is 5.23. The fourth-order valence-electron chi connectivity index (χ4n) is 1.99. The SMILES string of the molecule is O=[N+]([O-])c1ccc(Br)cc1NCc1nnc2ccccn12. The molecule has 0 fully saturated rings. The lowest BCUT2D eigenvalue weighted by atomic mass is 10.2. The molecule has 7 nitrogen and oxygen atoms in total. The molecule has 8 heteroatoms. The number of nitro benzene ring substituents is 1. The number of benzene rings is 1. The Hall–Kier alpha value is -2.48. The van der Waals surface area contributed by atoms with Gasteiger partial charge in [-0.2, -0.15) is 0 Å². The third-order valence-corrected chi connectivity index (χ3v) is 3.47. The number of pyridine rings is 1. The number of hydrogen-bond acceptors (Lipinski definition) is 5. The third-order valence-electron chi connectivity index (χ3n) is 2.98. The lowest BCUT2D eigenvalue weighted by Gasteiger charge is -2.06. The van der Waals surface area contributed by atoms with E-state index in [-0.39, 0.29) is 5.69 Å². The van der Waals surface area contributed by atoms with Gasteiger partial charge in [0, 0.05) is 16.7 Å². The number of rotatable bonds is 4. The number of nitro groups is 1. The van der Waals surface area contributed by atoms with Crippen molar-refractivity contribution < 1.29 is 4.92 Å². The Balaban J connectivity index is 1.88. The van der Waals surface area contributed by atoms with Crippen molar-refractivity contribution in [3.05, 3.63) is 63.0 Å². The maximum atomic E-state index is 11.0. The molecule has 0 saturated heterocycles. The lowest BCUT2D eigenvalue weighted by Crippen LogP contribution is -2.06. The maximum absolute atomic E-state index is 11.0. The fourth-order valence-corrected chi connectivity index (χ4v) is 2.36. The van der Waals surface area contributed by atoms with E-state index in [0.29, 0.717) is 18.1 Å². The summed E-state index contributed by atoms with van der Waals surface area (Å²) in [4.78, 5) is 10.6. The third kappa shape index (κ3) is 2.70. The zero-order valence-electron chi connectivity index (χ0n) is 10.7. The molecule has 3 rings (SSSR count). The minimum absolute atomic E-state index is 0.0204. The highest BCUT2D eigenvalue weighted by Gasteiger charge is 2.14. The van der Waals surface area contributed by atoms with Crippen LogP contribution in [0, 0.1) is 10.1 Å². The predicted octanol–water partition coefficient (Wildman–Crippen LogP) is 3.01. The summed E-state index contributed by atoms with van der Waals surface area (Å²) in [5, 5.41) is 22.2. The number of halogens is 1. The molecule has 3 aromatic rings. The molecule has 21 heavy (non-hydrogen) atoms. The zero-order chi connectivity index (χ0) is 14.8. The van der Waals surface area contributed by atoms with Gasteiger partial charge in [0.1, 0.15) is 5.69 Å². The minimum atomic E-state index is -0.420. The molecule has 0 radical (unpaired) electrons. The Morgan fingerprint density at radius 2 is 2.14 bits per heavy atom. The van der Waals surface area contributed by atoms with E-state index < -0.39 is 4.92 Å². The number of nitrogens with zero attached hydrogens (tertiary/aromatic N) is 4. The molecule has 1 aromatic carbocycles. The van der Waals surface area contributed by atoms with Gasteiger partial charge in [-0.1, -0.05) is 22.0 Å². The zero-order valence-corrected chi connectivity index (χ0v) is 12.3. The predicted molar refractivity (Wildman–Crippen MR) is 81.1 cm³/mol. The Bertz CT molecular complexity index is 817. The molecule has 0 unspecified atom stereocenters. The smallest absolute Gasteiger partial charge is 0.292 e. The van der Waals surface area contributed by atoms with Gasteiger partial charge in [0.25, 0.3) is 5.69 Å². The topological polar surface area (TPSA) is 85.4 Å². The summed E-state index contributed by atoms with van der Waals surface area (Å²) in [7, 11) is 0. The molecular weight excluding hydrogens is 338 g/mol. The highest BCUT2D eigenvalue weighted by molar-refractivity contribution is 9.10. The Kier molecular flexibility index (Phi) is 3.53. The first-order valence-electron chi connectivity index (χ1n) is 6.11. The molecule has 106 valence electrons. The molecule has 0 saturated carbocycles. The van der Waals surface area contributed by atoms with Crippen LogP contribution in [0.1, 0.15) is 5.82 Å². The maximum Gasteiger partial charge on any atom is 0.292 e. The number of anilines is 1. The van der Waals surface area contributed by atoms with Crippen LogP contribution in [0.25, 0.3) is 5.65 Å². The first-order chi connectivity index (χ1) is 10.1. The van der Waals surface area contributed by atoms with Crippen molar-refractivity contribution in [2.24, 2.45) is 0 Å². The van der Waals surface area contributed by atoms with E-state index in [2.05, 4.69) is 31.4 Å². The van der Waals surface area contributed by atoms with Crippen molar-refractivity contribution >= 4 is 33.0 Å². The monoisotopic (exact) mass is 347 g/mol. The van der Waals surface area contributed by atoms with Gasteiger partial charge in [-0.05, 0) is 24.3 Å². The molecule has 0 bridgehead atoms. The van der Waals surface area contributed by atoms with Gasteiger partial charge in [-0.25, -0.2) is 0 Å². The van der Waals surface area contributed by atoms with Crippen molar-refractivity contribution in [2.45, 2.75) is 6.54 Å². The molecule has 0 atom stereocenters. The molecule has 0 aliphatic rings. The van der Waals surface area contributed by atoms with Gasteiger partial charge in [-0.3, -0.25) is 14.5 Å². The van der Waals surface area contributed by atoms with Crippen LogP contribution in [-0.4, -0.2) is 19.5 Å². The van der Waals surface area contributed by atoms with Gasteiger partial charge in [0.2, 0.25) is 0 Å². The Labute approximate surface area is 127 Å². The van der Waals surface area contributed by atoms with Crippen LogP contribution in [0.4, 0.5) is 11.4 Å². The van der Waals surface area contributed by atoms with E-state index >= 15 is 0 Å². The molecule has 0 aliphatic carbocycles. The molecule has 1 N–H and O–H groups in total. The summed E-state index contributed by atoms with van der Waals surface area (Å²) in [6.07, 6.45) is 1.85. The number of hydrogen-bond donors (Lipinski definition) is 1. The molecule has 0 amide bonds. The van der Waals surface area contributed by atoms with Crippen LogP contribution >= 0.6 is 15.9 Å². The van der Waals surface area contributed by atoms with E-state index in [9.17, 15) is 10.1 Å². The number of aromatic nitrogens is 3. The van der Waals surface area contributed by atoms with Crippen LogP contribution in [0.15, 0.2) is 47.1 Å². The minimum Gasteiger partial charge on any atom is -0.372 e. The van der Waals surface area contributed by atoms with Gasteiger partial charge in [0.05, 0.1) is 11.5 Å². The Morgan fingerprint density at radius 1 is 1.29 bits per heavy atom. The van der Waals surface area contributed by atoms with Gasteiger partial charge in [0.15, 0.2) is 11.5 Å².